The summed E-state index contributed by atoms with van der Waals surface area (Å²) >= 11 is 0. The van der Waals surface area contributed by atoms with Crippen LogP contribution in [0.25, 0.3) is 0 Å². The highest BCUT2D eigenvalue weighted by Gasteiger charge is 2.33. The topological polar surface area (TPSA) is 50.9 Å². The quantitative estimate of drug-likeness (QED) is 0.693. The van der Waals surface area contributed by atoms with Crippen molar-refractivity contribution in [2.24, 2.45) is 13.0 Å². The van der Waals surface area contributed by atoms with Crippen LogP contribution in [-0.2, 0) is 7.05 Å². The third-order valence-electron chi connectivity index (χ3n) is 3.02. The fourth-order valence-corrected chi connectivity index (χ4v) is 2.10. The van der Waals surface area contributed by atoms with E-state index in [0.717, 1.165) is 18.5 Å². The average Bonchev–Trinajstić information content (AvgIpc) is 2.62. The van der Waals surface area contributed by atoms with Crippen molar-refractivity contribution in [2.75, 3.05) is 0 Å². The van der Waals surface area contributed by atoms with Gasteiger partial charge in [-0.1, -0.05) is 12.1 Å². The number of rotatable bonds is 1. The molecule has 4 nitrogen and oxygen atoms in total. The number of aromatic nitrogens is 3. The van der Waals surface area contributed by atoms with Crippen molar-refractivity contribution in [2.45, 2.75) is 31.8 Å². The largest absolute Gasteiger partial charge is 0.393 e. The van der Waals surface area contributed by atoms with Crippen LogP contribution >= 0.6 is 0 Å². The first-order chi connectivity index (χ1) is 6.18. The van der Waals surface area contributed by atoms with E-state index in [0.29, 0.717) is 11.8 Å². The second-order valence-electron chi connectivity index (χ2n) is 3.93. The molecule has 1 aromatic heterocycles. The zero-order valence-electron chi connectivity index (χ0n) is 8.01. The summed E-state index contributed by atoms with van der Waals surface area (Å²) < 4.78 is 1.72. The lowest BCUT2D eigenvalue weighted by molar-refractivity contribution is 0.136. The Labute approximate surface area is 77.6 Å². The molecule has 1 fully saturated rings. The summed E-state index contributed by atoms with van der Waals surface area (Å²) in [5.41, 5.74) is 1.02. The van der Waals surface area contributed by atoms with Crippen LogP contribution in [0, 0.1) is 5.92 Å². The molecule has 0 aliphatic heterocycles. The lowest BCUT2D eigenvalue weighted by Gasteiger charge is -2.13. The van der Waals surface area contributed by atoms with Gasteiger partial charge in [0.1, 0.15) is 0 Å². The zero-order valence-corrected chi connectivity index (χ0v) is 8.01. The lowest BCUT2D eigenvalue weighted by atomic mass is 9.94. The van der Waals surface area contributed by atoms with E-state index < -0.39 is 0 Å². The van der Waals surface area contributed by atoms with Gasteiger partial charge in [0.15, 0.2) is 0 Å². The van der Waals surface area contributed by atoms with Gasteiger partial charge in [0, 0.05) is 19.2 Å². The number of aliphatic hydroxyl groups is 1. The first-order valence-electron chi connectivity index (χ1n) is 4.73. The number of hydrogen-bond acceptors (Lipinski definition) is 3. The first kappa shape index (κ1) is 8.69. The van der Waals surface area contributed by atoms with Crippen molar-refractivity contribution >= 4 is 0 Å². The minimum atomic E-state index is -0.160. The molecule has 1 saturated carbocycles. The molecule has 3 atom stereocenters. The Balaban J connectivity index is 2.18. The van der Waals surface area contributed by atoms with E-state index >= 15 is 0 Å². The van der Waals surface area contributed by atoms with E-state index in [-0.39, 0.29) is 6.10 Å². The highest BCUT2D eigenvalue weighted by molar-refractivity contribution is 5.07. The molecule has 1 heterocycles. The monoisotopic (exact) mass is 181 g/mol. The van der Waals surface area contributed by atoms with Crippen molar-refractivity contribution in [3.05, 3.63) is 11.9 Å². The van der Waals surface area contributed by atoms with Crippen LogP contribution < -0.4 is 0 Å². The molecule has 1 N–H and O–H groups in total. The Morgan fingerprint density at radius 2 is 2.31 bits per heavy atom. The minimum absolute atomic E-state index is 0.160. The maximum atomic E-state index is 9.58. The van der Waals surface area contributed by atoms with Crippen molar-refractivity contribution in [3.63, 3.8) is 0 Å². The van der Waals surface area contributed by atoms with Crippen LogP contribution in [-0.4, -0.2) is 26.2 Å². The van der Waals surface area contributed by atoms with Crippen LogP contribution in [0.1, 0.15) is 31.4 Å². The molecule has 0 aromatic carbocycles. The van der Waals surface area contributed by atoms with E-state index in [9.17, 15) is 5.11 Å². The maximum Gasteiger partial charge on any atom is 0.0861 e. The summed E-state index contributed by atoms with van der Waals surface area (Å²) in [6.07, 6.45) is 3.70. The van der Waals surface area contributed by atoms with Gasteiger partial charge in [-0.25, -0.2) is 0 Å². The normalized spacial score (nSPS) is 33.9. The molecule has 0 bridgehead atoms. The molecule has 2 rings (SSSR count). The van der Waals surface area contributed by atoms with Gasteiger partial charge in [0.25, 0.3) is 0 Å². The van der Waals surface area contributed by atoms with Crippen LogP contribution in [0.3, 0.4) is 0 Å². The molecule has 0 amide bonds. The maximum absolute atomic E-state index is 9.58. The fraction of sp³-hybridized carbons (Fsp3) is 0.778. The predicted octanol–water partition coefficient (Wildman–Crippen LogP) is 0.690. The van der Waals surface area contributed by atoms with Gasteiger partial charge >= 0.3 is 0 Å². The molecule has 3 unspecified atom stereocenters. The number of nitrogens with zero attached hydrogens (tertiary/aromatic N) is 3. The summed E-state index contributed by atoms with van der Waals surface area (Å²) in [5, 5.41) is 17.6. The summed E-state index contributed by atoms with van der Waals surface area (Å²) in [6.45, 7) is 2.08. The number of aryl methyl sites for hydroxylation is 1. The van der Waals surface area contributed by atoms with Gasteiger partial charge in [0.05, 0.1) is 11.8 Å². The molecule has 0 saturated heterocycles. The molecular weight excluding hydrogens is 166 g/mol. The Bertz CT molecular complexity index is 297. The third-order valence-corrected chi connectivity index (χ3v) is 3.02. The van der Waals surface area contributed by atoms with Crippen molar-refractivity contribution in [1.29, 1.82) is 0 Å². The molecule has 72 valence electrons. The summed E-state index contributed by atoms with van der Waals surface area (Å²) in [5.74, 6) is 0.709. The Hall–Kier alpha value is -0.900. The zero-order chi connectivity index (χ0) is 9.42. The van der Waals surface area contributed by atoms with Crippen molar-refractivity contribution in [1.82, 2.24) is 15.0 Å². The van der Waals surface area contributed by atoms with E-state index in [4.69, 9.17) is 0 Å². The Kier molecular flexibility index (Phi) is 2.07. The summed E-state index contributed by atoms with van der Waals surface area (Å²) in [4.78, 5) is 0. The smallest absolute Gasteiger partial charge is 0.0861 e. The van der Waals surface area contributed by atoms with E-state index in [1.54, 1.807) is 4.68 Å². The minimum Gasteiger partial charge on any atom is -0.393 e. The Morgan fingerprint density at radius 1 is 1.54 bits per heavy atom. The molecule has 4 heteroatoms. The molecule has 1 aliphatic carbocycles. The first-order valence-corrected chi connectivity index (χ1v) is 4.73. The SMILES string of the molecule is CC1C(O)CCC1c1cn(C)nn1. The molecule has 0 spiro atoms. The van der Waals surface area contributed by atoms with E-state index in [2.05, 4.69) is 17.2 Å². The molecular formula is C9H15N3O. The van der Waals surface area contributed by atoms with Gasteiger partial charge in [-0.2, -0.15) is 0 Å². The number of aliphatic hydroxyl groups excluding tert-OH is 1. The predicted molar refractivity (Wildman–Crippen MR) is 48.1 cm³/mol. The van der Waals surface area contributed by atoms with Gasteiger partial charge in [0.2, 0.25) is 0 Å². The average molecular weight is 181 g/mol. The molecule has 1 aromatic rings. The fourth-order valence-electron chi connectivity index (χ4n) is 2.10. The summed E-state index contributed by atoms with van der Waals surface area (Å²) in [7, 11) is 1.87. The second kappa shape index (κ2) is 3.10. The number of hydrogen-bond donors (Lipinski definition) is 1. The van der Waals surface area contributed by atoms with Gasteiger partial charge in [-0.3, -0.25) is 4.68 Å². The van der Waals surface area contributed by atoms with Crippen LogP contribution in [0.4, 0.5) is 0 Å². The highest BCUT2D eigenvalue weighted by atomic mass is 16.3. The van der Waals surface area contributed by atoms with Gasteiger partial charge < -0.3 is 5.11 Å². The second-order valence-corrected chi connectivity index (χ2v) is 3.93. The Morgan fingerprint density at radius 3 is 2.77 bits per heavy atom. The molecule has 13 heavy (non-hydrogen) atoms. The standard InChI is InChI=1S/C9H15N3O/c1-6-7(3-4-9(6)13)8-5-12(2)11-10-8/h5-7,9,13H,3-4H2,1-2H3. The molecule has 0 radical (unpaired) electrons. The highest BCUT2D eigenvalue weighted by Crippen LogP contribution is 2.38. The van der Waals surface area contributed by atoms with Crippen molar-refractivity contribution in [3.8, 4) is 0 Å². The lowest BCUT2D eigenvalue weighted by Crippen LogP contribution is -2.14. The van der Waals surface area contributed by atoms with Crippen LogP contribution in [0.5, 0.6) is 0 Å². The van der Waals surface area contributed by atoms with Gasteiger partial charge in [-0.05, 0) is 18.8 Å². The summed E-state index contributed by atoms with van der Waals surface area (Å²) in [6, 6.07) is 0. The van der Waals surface area contributed by atoms with Gasteiger partial charge in [-0.15, -0.1) is 5.10 Å². The molecule has 1 aliphatic rings. The van der Waals surface area contributed by atoms with Crippen LogP contribution in [0.2, 0.25) is 0 Å². The van der Waals surface area contributed by atoms with Crippen LogP contribution in [0.15, 0.2) is 6.20 Å². The third kappa shape index (κ3) is 1.46. The van der Waals surface area contributed by atoms with E-state index in [1.165, 1.54) is 0 Å². The van der Waals surface area contributed by atoms with Crippen molar-refractivity contribution < 1.29 is 5.11 Å². The van der Waals surface area contributed by atoms with E-state index in [1.807, 2.05) is 13.2 Å².